The molecule has 0 bridgehead atoms. The summed E-state index contributed by atoms with van der Waals surface area (Å²) in [6.07, 6.45) is 6.16. The molecule has 4 nitrogen and oxygen atoms in total. The predicted molar refractivity (Wildman–Crippen MR) is 67.3 cm³/mol. The summed E-state index contributed by atoms with van der Waals surface area (Å²) in [5, 5.41) is 12.2. The first-order valence-electron chi connectivity index (χ1n) is 5.14. The van der Waals surface area contributed by atoms with E-state index >= 15 is 0 Å². The Bertz CT molecular complexity index is 434. The first-order chi connectivity index (χ1) is 7.69. The number of hydrogen-bond acceptors (Lipinski definition) is 5. The number of nitrogens with one attached hydrogen (secondary N) is 1. The van der Waals surface area contributed by atoms with Crippen molar-refractivity contribution in [2.45, 2.75) is 17.6 Å². The lowest BCUT2D eigenvalue weighted by Gasteiger charge is -2.14. The highest BCUT2D eigenvalue weighted by Gasteiger charge is 2.41. The Balaban J connectivity index is 2.07. The van der Waals surface area contributed by atoms with Gasteiger partial charge in [-0.2, -0.15) is 17.0 Å². The molecule has 3 N–H and O–H groups in total. The largest absolute Gasteiger partial charge is 0.397 e. The number of aromatic nitrogens is 1. The van der Waals surface area contributed by atoms with Gasteiger partial charge in [-0.3, -0.25) is 0 Å². The third kappa shape index (κ3) is 2.22. The van der Waals surface area contributed by atoms with Crippen molar-refractivity contribution in [3.8, 4) is 6.07 Å². The van der Waals surface area contributed by atoms with Crippen LogP contribution in [-0.4, -0.2) is 22.5 Å². The number of rotatable bonds is 4. The normalized spacial score (nSPS) is 16.5. The summed E-state index contributed by atoms with van der Waals surface area (Å²) >= 11 is 1.88. The number of nitrogens with two attached hydrogens (primary N) is 1. The van der Waals surface area contributed by atoms with Crippen LogP contribution in [0.3, 0.4) is 0 Å². The molecule has 0 atom stereocenters. The lowest BCUT2D eigenvalue weighted by molar-refractivity contribution is 0.939. The van der Waals surface area contributed by atoms with Crippen LogP contribution in [0.1, 0.15) is 18.4 Å². The number of nitrogens with zero attached hydrogens (tertiary/aromatic N) is 2. The molecule has 1 fully saturated rings. The highest BCUT2D eigenvalue weighted by molar-refractivity contribution is 8.00. The Hall–Kier alpha value is -1.41. The molecule has 0 unspecified atom stereocenters. The van der Waals surface area contributed by atoms with Gasteiger partial charge in [-0.05, 0) is 25.2 Å². The average Bonchev–Trinajstić information content (AvgIpc) is 3.08. The summed E-state index contributed by atoms with van der Waals surface area (Å²) in [6.45, 7) is 0.861. The van der Waals surface area contributed by atoms with Crippen molar-refractivity contribution in [2.24, 2.45) is 0 Å². The van der Waals surface area contributed by atoms with Crippen LogP contribution in [-0.2, 0) is 0 Å². The first-order valence-corrected chi connectivity index (χ1v) is 6.36. The van der Waals surface area contributed by atoms with Crippen LogP contribution < -0.4 is 11.1 Å². The molecular formula is C11H14N4S. The maximum absolute atomic E-state index is 8.95. The maximum atomic E-state index is 8.95. The lowest BCUT2D eigenvalue weighted by atomic mass is 10.2. The van der Waals surface area contributed by atoms with Gasteiger partial charge in [-0.25, -0.2) is 4.98 Å². The molecule has 0 saturated heterocycles. The monoisotopic (exact) mass is 234 g/mol. The van der Waals surface area contributed by atoms with E-state index in [4.69, 9.17) is 11.0 Å². The zero-order valence-electron chi connectivity index (χ0n) is 9.16. The van der Waals surface area contributed by atoms with Gasteiger partial charge in [0.05, 0.1) is 17.4 Å². The van der Waals surface area contributed by atoms with Gasteiger partial charge >= 0.3 is 0 Å². The zero-order valence-corrected chi connectivity index (χ0v) is 9.97. The fourth-order valence-corrected chi connectivity index (χ4v) is 2.27. The molecule has 84 valence electrons. The first kappa shape index (κ1) is 11.1. The van der Waals surface area contributed by atoms with E-state index in [1.54, 1.807) is 12.3 Å². The summed E-state index contributed by atoms with van der Waals surface area (Å²) in [4.78, 5) is 4.15. The van der Waals surface area contributed by atoms with E-state index in [9.17, 15) is 0 Å². The van der Waals surface area contributed by atoms with E-state index in [0.29, 0.717) is 21.8 Å². The second-order valence-corrected chi connectivity index (χ2v) is 5.29. The summed E-state index contributed by atoms with van der Waals surface area (Å²) in [5.41, 5.74) is 6.61. The van der Waals surface area contributed by atoms with Gasteiger partial charge in [0.1, 0.15) is 11.9 Å². The van der Waals surface area contributed by atoms with Gasteiger partial charge in [-0.15, -0.1) is 0 Å². The Kier molecular flexibility index (Phi) is 2.92. The summed E-state index contributed by atoms with van der Waals surface area (Å²) < 4.78 is 0.357. The number of nitrogen functional groups attached to an aromatic ring is 1. The van der Waals surface area contributed by atoms with Crippen molar-refractivity contribution in [1.82, 2.24) is 4.98 Å². The van der Waals surface area contributed by atoms with Gasteiger partial charge < -0.3 is 11.1 Å². The molecule has 16 heavy (non-hydrogen) atoms. The minimum absolute atomic E-state index is 0.357. The van der Waals surface area contributed by atoms with Crippen LogP contribution in [0, 0.1) is 11.3 Å². The lowest BCUT2D eigenvalue weighted by Crippen LogP contribution is -2.18. The van der Waals surface area contributed by atoms with Crippen molar-refractivity contribution >= 4 is 23.3 Å². The summed E-state index contributed by atoms with van der Waals surface area (Å²) in [7, 11) is 0. The Morgan fingerprint density at radius 3 is 3.00 bits per heavy atom. The van der Waals surface area contributed by atoms with Crippen molar-refractivity contribution in [2.75, 3.05) is 23.9 Å². The number of nitriles is 1. The molecule has 0 aromatic carbocycles. The fraction of sp³-hybridized carbons (Fsp3) is 0.455. The van der Waals surface area contributed by atoms with Crippen LogP contribution in [0.15, 0.2) is 12.3 Å². The Morgan fingerprint density at radius 1 is 1.69 bits per heavy atom. The molecule has 0 radical (unpaired) electrons. The minimum Gasteiger partial charge on any atom is -0.397 e. The van der Waals surface area contributed by atoms with Crippen LogP contribution in [0.4, 0.5) is 11.5 Å². The average molecular weight is 234 g/mol. The van der Waals surface area contributed by atoms with Crippen molar-refractivity contribution in [3.05, 3.63) is 17.8 Å². The van der Waals surface area contributed by atoms with Gasteiger partial charge in [0.25, 0.3) is 0 Å². The molecule has 5 heteroatoms. The SMILES string of the molecule is CSC1(CNc2ncc(N)cc2C#N)CC1. The molecule has 1 saturated carbocycles. The molecule has 0 spiro atoms. The molecule has 1 heterocycles. The smallest absolute Gasteiger partial charge is 0.144 e. The van der Waals surface area contributed by atoms with Gasteiger partial charge in [0.15, 0.2) is 0 Å². The summed E-state index contributed by atoms with van der Waals surface area (Å²) in [6, 6.07) is 3.75. The van der Waals surface area contributed by atoms with E-state index in [2.05, 4.69) is 22.6 Å². The van der Waals surface area contributed by atoms with Crippen molar-refractivity contribution in [1.29, 1.82) is 5.26 Å². The second-order valence-electron chi connectivity index (χ2n) is 4.02. The van der Waals surface area contributed by atoms with Gasteiger partial charge in [-0.1, -0.05) is 0 Å². The van der Waals surface area contributed by atoms with Crippen LogP contribution >= 0.6 is 11.8 Å². The number of pyridine rings is 1. The van der Waals surface area contributed by atoms with Crippen molar-refractivity contribution in [3.63, 3.8) is 0 Å². The van der Waals surface area contributed by atoms with E-state index in [1.807, 2.05) is 11.8 Å². The van der Waals surface area contributed by atoms with Gasteiger partial charge in [0.2, 0.25) is 0 Å². The molecule has 1 aliphatic rings. The van der Waals surface area contributed by atoms with Gasteiger partial charge in [0, 0.05) is 11.3 Å². The number of hydrogen-bond donors (Lipinski definition) is 2. The fourth-order valence-electron chi connectivity index (χ4n) is 1.54. The second kappa shape index (κ2) is 4.22. The molecule has 0 amide bonds. The van der Waals surface area contributed by atoms with E-state index in [0.717, 1.165) is 6.54 Å². The van der Waals surface area contributed by atoms with Crippen LogP contribution in [0.5, 0.6) is 0 Å². The summed E-state index contributed by atoms with van der Waals surface area (Å²) in [5.74, 6) is 0.636. The standard InChI is InChI=1S/C11H14N4S/c1-16-11(2-3-11)7-15-10-8(5-12)4-9(13)6-14-10/h4,6H,2-3,7,13H2,1H3,(H,14,15). The zero-order chi connectivity index (χ0) is 11.6. The molecule has 1 aliphatic carbocycles. The Labute approximate surface area is 99.2 Å². The molecule has 1 aromatic heterocycles. The highest BCUT2D eigenvalue weighted by atomic mass is 32.2. The van der Waals surface area contributed by atoms with E-state index in [1.165, 1.54) is 12.8 Å². The number of thioether (sulfide) groups is 1. The topological polar surface area (TPSA) is 74.7 Å². The van der Waals surface area contributed by atoms with Crippen LogP contribution in [0.2, 0.25) is 0 Å². The molecule has 0 aliphatic heterocycles. The van der Waals surface area contributed by atoms with Crippen molar-refractivity contribution < 1.29 is 0 Å². The number of anilines is 2. The van der Waals surface area contributed by atoms with E-state index < -0.39 is 0 Å². The van der Waals surface area contributed by atoms with E-state index in [-0.39, 0.29) is 0 Å². The highest BCUT2D eigenvalue weighted by Crippen LogP contribution is 2.47. The quantitative estimate of drug-likeness (QED) is 0.831. The Morgan fingerprint density at radius 2 is 2.44 bits per heavy atom. The molecule has 1 aromatic rings. The van der Waals surface area contributed by atoms with Crippen LogP contribution in [0.25, 0.3) is 0 Å². The predicted octanol–water partition coefficient (Wildman–Crippen LogP) is 1.84. The third-order valence-electron chi connectivity index (χ3n) is 2.85. The third-order valence-corrected chi connectivity index (χ3v) is 4.27. The molecular weight excluding hydrogens is 220 g/mol. The maximum Gasteiger partial charge on any atom is 0.144 e. The molecule has 2 rings (SSSR count). The minimum atomic E-state index is 0.357.